The van der Waals surface area contributed by atoms with Gasteiger partial charge in [0.15, 0.2) is 5.65 Å². The summed E-state index contributed by atoms with van der Waals surface area (Å²) >= 11 is 0. The largest absolute Gasteiger partial charge is 0.379 e. The van der Waals surface area contributed by atoms with E-state index in [0.29, 0.717) is 29.5 Å². The molecule has 1 N–H and O–H groups in total. The van der Waals surface area contributed by atoms with Crippen molar-refractivity contribution in [3.63, 3.8) is 0 Å². The summed E-state index contributed by atoms with van der Waals surface area (Å²) in [6, 6.07) is 4.71. The van der Waals surface area contributed by atoms with E-state index in [1.807, 2.05) is 40.5 Å². The van der Waals surface area contributed by atoms with Gasteiger partial charge in [0.05, 0.1) is 30.4 Å². The van der Waals surface area contributed by atoms with Crippen molar-refractivity contribution in [2.45, 2.75) is 56.7 Å². The molecule has 4 aromatic heterocycles. The van der Waals surface area contributed by atoms with Crippen LogP contribution in [0.4, 0.5) is 14.7 Å². The Balaban J connectivity index is 1.11. The molecule has 36 heavy (non-hydrogen) atoms. The molecule has 3 aliphatic rings. The van der Waals surface area contributed by atoms with Crippen molar-refractivity contribution in [3.05, 3.63) is 36.5 Å². The molecule has 0 spiro atoms. The van der Waals surface area contributed by atoms with Gasteiger partial charge in [-0.25, -0.2) is 28.2 Å². The van der Waals surface area contributed by atoms with Gasteiger partial charge in [-0.1, -0.05) is 0 Å². The summed E-state index contributed by atoms with van der Waals surface area (Å²) in [5.74, 6) is -1.27. The Labute approximate surface area is 206 Å². The van der Waals surface area contributed by atoms with E-state index < -0.39 is 5.92 Å². The van der Waals surface area contributed by atoms with Gasteiger partial charge in [-0.3, -0.25) is 4.90 Å². The highest BCUT2D eigenvalue weighted by molar-refractivity contribution is 5.85. The Morgan fingerprint density at radius 1 is 1.06 bits per heavy atom. The predicted octanol–water partition coefficient (Wildman–Crippen LogP) is 3.69. The fraction of sp³-hybridized carbons (Fsp3) is 0.520. The van der Waals surface area contributed by atoms with E-state index in [1.165, 1.54) is 0 Å². The molecular weight excluding hydrogens is 466 g/mol. The molecule has 0 aromatic carbocycles. The van der Waals surface area contributed by atoms with Gasteiger partial charge < -0.3 is 14.6 Å². The molecule has 3 fully saturated rings. The van der Waals surface area contributed by atoms with Gasteiger partial charge in [0.2, 0.25) is 5.95 Å². The average Bonchev–Trinajstić information content (AvgIpc) is 3.39. The number of hydrogen-bond donors (Lipinski definition) is 1. The number of aryl methyl sites for hydroxylation is 1. The number of alkyl halides is 2. The van der Waals surface area contributed by atoms with Crippen molar-refractivity contribution in [1.29, 1.82) is 0 Å². The number of morpholine rings is 1. The van der Waals surface area contributed by atoms with Crippen LogP contribution in [0.25, 0.3) is 27.8 Å². The Kier molecular flexibility index (Phi) is 5.00. The van der Waals surface area contributed by atoms with Crippen LogP contribution >= 0.6 is 0 Å². The van der Waals surface area contributed by atoms with Crippen molar-refractivity contribution in [2.75, 3.05) is 31.6 Å². The minimum Gasteiger partial charge on any atom is -0.379 e. The van der Waals surface area contributed by atoms with Crippen molar-refractivity contribution < 1.29 is 13.5 Å². The second-order valence-corrected chi connectivity index (χ2v) is 10.3. The predicted molar refractivity (Wildman–Crippen MR) is 130 cm³/mol. The number of fused-ring (bicyclic) bond motifs is 2. The highest BCUT2D eigenvalue weighted by Crippen LogP contribution is 2.47. The first kappa shape index (κ1) is 22.1. The zero-order valence-corrected chi connectivity index (χ0v) is 20.1. The first-order chi connectivity index (χ1) is 17.4. The van der Waals surface area contributed by atoms with Gasteiger partial charge in [-0.2, -0.15) is 0 Å². The zero-order valence-electron chi connectivity index (χ0n) is 20.1. The van der Waals surface area contributed by atoms with Crippen LogP contribution in [0.15, 0.2) is 30.7 Å². The van der Waals surface area contributed by atoms with E-state index in [9.17, 15) is 8.78 Å². The third kappa shape index (κ3) is 3.72. The minimum atomic E-state index is -2.59. The maximum absolute atomic E-state index is 13.6. The fourth-order valence-electron chi connectivity index (χ4n) is 5.85. The quantitative estimate of drug-likeness (QED) is 0.453. The average molecular weight is 495 g/mol. The summed E-state index contributed by atoms with van der Waals surface area (Å²) in [7, 11) is 0. The number of hydrogen-bond acceptors (Lipinski definition) is 7. The number of aromatic nitrogens is 6. The highest BCUT2D eigenvalue weighted by atomic mass is 19.3. The first-order valence-corrected chi connectivity index (χ1v) is 12.6. The molecule has 0 atom stereocenters. The lowest BCUT2D eigenvalue weighted by Gasteiger charge is -2.44. The standard InChI is InChI=1S/C25H28F2N8O/c1-15-30-23-21(35(15)19-11-25(26,27)12-19)8-16(13-28-23)20-2-3-34-22(20)14-29-24(32-34)31-17-9-18(10-17)33-4-6-36-7-5-33/h2-3,8,13-14,17-19H,4-7,9-12H2,1H3,(H,31,32)/t17-,18+. The van der Waals surface area contributed by atoms with Gasteiger partial charge in [-0.15, -0.1) is 5.10 Å². The van der Waals surface area contributed by atoms with E-state index in [1.54, 1.807) is 6.20 Å². The molecule has 7 rings (SSSR count). The number of nitrogens with one attached hydrogen (secondary N) is 1. The van der Waals surface area contributed by atoms with Crippen LogP contribution in [-0.2, 0) is 4.74 Å². The molecule has 5 heterocycles. The molecule has 2 aliphatic carbocycles. The Hall–Kier alpha value is -3.18. The minimum absolute atomic E-state index is 0.156. The van der Waals surface area contributed by atoms with Gasteiger partial charge in [0.1, 0.15) is 5.82 Å². The third-order valence-corrected chi connectivity index (χ3v) is 7.89. The highest BCUT2D eigenvalue weighted by Gasteiger charge is 2.47. The molecule has 0 radical (unpaired) electrons. The van der Waals surface area contributed by atoms with Crippen LogP contribution in [0.2, 0.25) is 0 Å². The molecule has 9 nitrogen and oxygen atoms in total. The van der Waals surface area contributed by atoms with E-state index in [4.69, 9.17) is 4.74 Å². The maximum Gasteiger partial charge on any atom is 0.252 e. The summed E-state index contributed by atoms with van der Waals surface area (Å²) in [5, 5.41) is 8.14. The van der Waals surface area contributed by atoms with Crippen molar-refractivity contribution in [2.24, 2.45) is 0 Å². The van der Waals surface area contributed by atoms with Gasteiger partial charge in [0, 0.05) is 67.6 Å². The number of ether oxygens (including phenoxy) is 1. The summed E-state index contributed by atoms with van der Waals surface area (Å²) < 4.78 is 36.3. The Morgan fingerprint density at radius 2 is 1.86 bits per heavy atom. The molecule has 188 valence electrons. The third-order valence-electron chi connectivity index (χ3n) is 7.89. The lowest BCUT2D eigenvalue weighted by Crippen LogP contribution is -2.53. The summed E-state index contributed by atoms with van der Waals surface area (Å²) in [6.45, 7) is 5.52. The van der Waals surface area contributed by atoms with E-state index in [0.717, 1.165) is 61.3 Å². The summed E-state index contributed by atoms with van der Waals surface area (Å²) in [4.78, 5) is 16.1. The number of rotatable bonds is 5. The molecule has 1 saturated heterocycles. The first-order valence-electron chi connectivity index (χ1n) is 12.6. The molecule has 2 saturated carbocycles. The van der Waals surface area contributed by atoms with Crippen molar-refractivity contribution >= 4 is 22.6 Å². The number of nitrogens with zero attached hydrogens (tertiary/aromatic N) is 7. The number of pyridine rings is 1. The monoisotopic (exact) mass is 494 g/mol. The van der Waals surface area contributed by atoms with Crippen LogP contribution in [0.1, 0.15) is 37.5 Å². The van der Waals surface area contributed by atoms with Crippen molar-refractivity contribution in [3.8, 4) is 11.1 Å². The van der Waals surface area contributed by atoms with Crippen LogP contribution in [0.5, 0.6) is 0 Å². The molecule has 0 amide bonds. The lowest BCUT2D eigenvalue weighted by molar-refractivity contribution is -0.103. The molecule has 1 aliphatic heterocycles. The Morgan fingerprint density at radius 3 is 2.64 bits per heavy atom. The van der Waals surface area contributed by atoms with Gasteiger partial charge in [0.25, 0.3) is 5.92 Å². The summed E-state index contributed by atoms with van der Waals surface area (Å²) in [6.07, 6.45) is 7.37. The Bertz CT molecular complexity index is 1430. The smallest absolute Gasteiger partial charge is 0.252 e. The molecular formula is C25H28F2N8O. The van der Waals surface area contributed by atoms with Gasteiger partial charge >= 0.3 is 0 Å². The molecule has 0 unspecified atom stereocenters. The van der Waals surface area contributed by atoms with Crippen LogP contribution in [0.3, 0.4) is 0 Å². The SMILES string of the molecule is Cc1nc2ncc(-c3ccn4nc(N[C@H]5C[C@@H](N6CCOCC6)C5)ncc34)cc2n1C1CC(F)(F)C1. The van der Waals surface area contributed by atoms with Crippen molar-refractivity contribution in [1.82, 2.24) is 34.0 Å². The topological polar surface area (TPSA) is 85.4 Å². The van der Waals surface area contributed by atoms with Crippen LogP contribution in [0, 0.1) is 6.92 Å². The van der Waals surface area contributed by atoms with E-state index >= 15 is 0 Å². The van der Waals surface area contributed by atoms with E-state index in [2.05, 4.69) is 30.3 Å². The van der Waals surface area contributed by atoms with Crippen LogP contribution in [-0.4, -0.2) is 78.3 Å². The van der Waals surface area contributed by atoms with E-state index in [-0.39, 0.29) is 18.9 Å². The maximum atomic E-state index is 13.6. The fourth-order valence-corrected chi connectivity index (χ4v) is 5.85. The second kappa shape index (κ2) is 8.17. The number of anilines is 1. The number of imidazole rings is 1. The molecule has 11 heteroatoms. The lowest BCUT2D eigenvalue weighted by atomic mass is 9.85. The van der Waals surface area contributed by atoms with Crippen LogP contribution < -0.4 is 5.32 Å². The zero-order chi connectivity index (χ0) is 24.4. The molecule has 4 aromatic rings. The second-order valence-electron chi connectivity index (χ2n) is 10.3. The normalized spacial score (nSPS) is 24.6. The van der Waals surface area contributed by atoms with Gasteiger partial charge in [-0.05, 0) is 31.9 Å². The number of halogens is 2. The molecule has 0 bridgehead atoms. The summed E-state index contributed by atoms with van der Waals surface area (Å²) in [5.41, 5.74) is 4.04.